The van der Waals surface area contributed by atoms with Crippen LogP contribution in [0.25, 0.3) is 10.9 Å². The number of nitrogens with zero attached hydrogens (tertiary/aromatic N) is 2. The largest absolute Gasteiger partial charge is 0.352 e. The average molecular weight is 562 g/mol. The van der Waals surface area contributed by atoms with E-state index in [0.29, 0.717) is 35.1 Å². The van der Waals surface area contributed by atoms with Gasteiger partial charge >= 0.3 is 15.9 Å². The number of amides is 1. The number of hydrogen-bond acceptors (Lipinski definition) is 4. The molecule has 1 atom stereocenters. The van der Waals surface area contributed by atoms with Gasteiger partial charge in [0.2, 0.25) is 0 Å². The first-order chi connectivity index (χ1) is 17.4. The van der Waals surface area contributed by atoms with Gasteiger partial charge < -0.3 is 5.32 Å². The first-order valence-corrected chi connectivity index (χ1v) is 13.8. The van der Waals surface area contributed by atoms with Crippen LogP contribution in [0.3, 0.4) is 0 Å². The van der Waals surface area contributed by atoms with Crippen LogP contribution in [0.1, 0.15) is 43.1 Å². The maximum atomic E-state index is 12.8. The highest BCUT2D eigenvalue weighted by molar-refractivity contribution is 8.45. The van der Waals surface area contributed by atoms with E-state index in [-0.39, 0.29) is 55.3 Å². The molecule has 0 aliphatic heterocycles. The molecule has 38 heavy (non-hydrogen) atoms. The highest BCUT2D eigenvalue weighted by atomic mass is 32.5. The Labute approximate surface area is 215 Å². The van der Waals surface area contributed by atoms with Crippen molar-refractivity contribution in [2.75, 3.05) is 6.54 Å². The molecular weight excluding hydrogens is 533 g/mol. The fourth-order valence-electron chi connectivity index (χ4n) is 4.16. The Hall–Kier alpha value is -3.48. The van der Waals surface area contributed by atoms with E-state index in [2.05, 4.69) is 5.32 Å². The van der Waals surface area contributed by atoms with E-state index in [4.69, 9.17) is 0 Å². The van der Waals surface area contributed by atoms with Crippen LogP contribution in [-0.4, -0.2) is 27.4 Å². The van der Waals surface area contributed by atoms with Crippen molar-refractivity contribution in [3.8, 4) is 0 Å². The van der Waals surface area contributed by atoms with Crippen LogP contribution in [0.5, 0.6) is 0 Å². The zero-order chi connectivity index (χ0) is 28.5. The van der Waals surface area contributed by atoms with Crippen LogP contribution in [0.2, 0.25) is 0 Å². The number of aryl methyl sites for hydroxylation is 1. The zero-order valence-electron chi connectivity index (χ0n) is 21.0. The summed E-state index contributed by atoms with van der Waals surface area (Å²) in [4.78, 5) is 48.0. The molecule has 1 amide bonds. The molecule has 1 N–H and O–H groups in total. The van der Waals surface area contributed by atoms with Gasteiger partial charge in [0, 0.05) is 38.0 Å². The Balaban J connectivity index is 1.63. The summed E-state index contributed by atoms with van der Waals surface area (Å²) in [6, 6.07) is 6.57. The molecule has 7 nitrogen and oxygen atoms in total. The lowest BCUT2D eigenvalue weighted by atomic mass is 9.99. The minimum atomic E-state index is -9.82. The molecule has 0 saturated carbocycles. The molecule has 1 heterocycles. The summed E-state index contributed by atoms with van der Waals surface area (Å²) >= 11 is 0. The first kappa shape index (κ1) is 29.1. The molecule has 3 rings (SSSR count). The predicted octanol–water partition coefficient (Wildman–Crippen LogP) is 5.43. The molecule has 13 heteroatoms. The van der Waals surface area contributed by atoms with Crippen molar-refractivity contribution in [2.45, 2.75) is 51.6 Å². The van der Waals surface area contributed by atoms with E-state index >= 15 is 0 Å². The van der Waals surface area contributed by atoms with Gasteiger partial charge in [-0.25, -0.2) is 4.79 Å². The molecule has 0 fully saturated rings. The number of fused-ring (bicyclic) bond motifs is 1. The summed E-state index contributed by atoms with van der Waals surface area (Å²) < 4.78 is 66.8. The third-order valence-corrected chi connectivity index (χ3v) is 7.24. The number of benzene rings is 2. The highest BCUT2D eigenvalue weighted by Gasteiger charge is 2.65. The Kier molecular flexibility index (Phi) is 7.41. The van der Waals surface area contributed by atoms with Gasteiger partial charge in [-0.2, -0.15) is 0 Å². The standard InChI is InChI=1S/C25H28F5N3O4S/c1-4-32-22-11-6-17(14-21(22)24(36)33(5-2)25(32)37)13-19(34)12-16(3)15-31-23(35)18-7-9-20(10-8-18)38(26,27,28,29)30/h6-11,14,16H,4-5,12-13,15H2,1-3H3,(H,31,35). The van der Waals surface area contributed by atoms with E-state index in [1.807, 2.05) is 0 Å². The van der Waals surface area contributed by atoms with Crippen molar-refractivity contribution in [1.82, 2.24) is 14.5 Å². The van der Waals surface area contributed by atoms with E-state index in [0.717, 1.165) is 4.57 Å². The number of rotatable bonds is 10. The van der Waals surface area contributed by atoms with E-state index in [1.165, 1.54) is 4.57 Å². The normalized spacial score (nSPS) is 14.5. The second-order valence-corrected chi connectivity index (χ2v) is 11.6. The molecule has 1 aromatic heterocycles. The lowest BCUT2D eigenvalue weighted by molar-refractivity contribution is -0.119. The van der Waals surface area contributed by atoms with Gasteiger partial charge in [0.1, 0.15) is 10.7 Å². The average Bonchev–Trinajstić information content (AvgIpc) is 2.82. The molecule has 1 unspecified atom stereocenters. The van der Waals surface area contributed by atoms with Gasteiger partial charge in [-0.15, -0.1) is 0 Å². The van der Waals surface area contributed by atoms with E-state index < -0.39 is 32.3 Å². The van der Waals surface area contributed by atoms with Crippen LogP contribution < -0.4 is 16.6 Å². The molecule has 3 aromatic rings. The van der Waals surface area contributed by atoms with Gasteiger partial charge in [0.25, 0.3) is 11.5 Å². The van der Waals surface area contributed by atoms with Crippen molar-refractivity contribution in [3.05, 3.63) is 74.4 Å². The second-order valence-electron chi connectivity index (χ2n) is 9.16. The summed E-state index contributed by atoms with van der Waals surface area (Å²) in [6.07, 6.45) is 0.0794. The molecule has 0 aliphatic carbocycles. The van der Waals surface area contributed by atoms with Crippen molar-refractivity contribution in [1.29, 1.82) is 0 Å². The Morgan fingerprint density at radius 2 is 1.53 bits per heavy atom. The van der Waals surface area contributed by atoms with Crippen molar-refractivity contribution < 1.29 is 29.0 Å². The number of halogens is 5. The van der Waals surface area contributed by atoms with Crippen LogP contribution in [-0.2, 0) is 24.3 Å². The Morgan fingerprint density at radius 3 is 2.08 bits per heavy atom. The molecule has 0 radical (unpaired) electrons. The number of carbonyl (C=O) groups is 2. The zero-order valence-corrected chi connectivity index (χ0v) is 21.8. The van der Waals surface area contributed by atoms with Crippen LogP contribution in [0.15, 0.2) is 56.9 Å². The van der Waals surface area contributed by atoms with E-state index in [9.17, 15) is 38.6 Å². The SMILES string of the molecule is CCn1c(=O)c2cc(CC(=O)CC(C)CNC(=O)c3ccc(S(F)(F)(F)(F)F)cc3)ccc2n(CC)c1=O. The molecular formula is C25H28F5N3O4S. The summed E-state index contributed by atoms with van der Waals surface area (Å²) in [7, 11) is -9.82. The molecule has 0 spiro atoms. The third-order valence-electron chi connectivity index (χ3n) is 6.07. The number of carbonyl (C=O) groups excluding carboxylic acids is 2. The van der Waals surface area contributed by atoms with E-state index in [1.54, 1.807) is 39.0 Å². The lowest BCUT2D eigenvalue weighted by Gasteiger charge is -2.40. The number of hydrogen-bond donors (Lipinski definition) is 1. The number of ketones is 1. The van der Waals surface area contributed by atoms with Crippen molar-refractivity contribution in [2.24, 2.45) is 5.92 Å². The molecule has 0 saturated heterocycles. The monoisotopic (exact) mass is 561 g/mol. The number of Topliss-reactive ketones (excluding diaryl/α,β-unsaturated/α-hetero) is 1. The topological polar surface area (TPSA) is 90.2 Å². The predicted molar refractivity (Wildman–Crippen MR) is 136 cm³/mol. The van der Waals surface area contributed by atoms with Crippen molar-refractivity contribution in [3.63, 3.8) is 0 Å². The van der Waals surface area contributed by atoms with Crippen LogP contribution in [0, 0.1) is 5.92 Å². The summed E-state index contributed by atoms with van der Waals surface area (Å²) in [5.74, 6) is -1.27. The quantitative estimate of drug-likeness (QED) is 0.335. The smallest absolute Gasteiger partial charge is 0.331 e. The summed E-state index contributed by atoms with van der Waals surface area (Å²) in [5.41, 5.74) is 0.00412. The Morgan fingerprint density at radius 1 is 0.921 bits per heavy atom. The molecule has 0 aliphatic rings. The summed E-state index contributed by atoms with van der Waals surface area (Å²) in [6.45, 7) is 5.78. The Bertz CT molecular complexity index is 1510. The molecule has 2 aromatic carbocycles. The third kappa shape index (κ3) is 6.50. The summed E-state index contributed by atoms with van der Waals surface area (Å²) in [5, 5.41) is 2.81. The highest BCUT2D eigenvalue weighted by Crippen LogP contribution is 3.02. The fourth-order valence-corrected chi connectivity index (χ4v) is 4.81. The first-order valence-electron chi connectivity index (χ1n) is 11.9. The fraction of sp³-hybridized carbons (Fsp3) is 0.360. The van der Waals surface area contributed by atoms with Crippen LogP contribution in [0.4, 0.5) is 19.4 Å². The van der Waals surface area contributed by atoms with Crippen molar-refractivity contribution >= 4 is 32.8 Å². The van der Waals surface area contributed by atoms with Crippen LogP contribution >= 0.6 is 10.2 Å². The molecule has 0 bridgehead atoms. The minimum absolute atomic E-state index is 0.0148. The maximum absolute atomic E-state index is 12.8. The lowest BCUT2D eigenvalue weighted by Crippen LogP contribution is -2.39. The van der Waals surface area contributed by atoms with Gasteiger partial charge in [-0.05, 0) is 61.7 Å². The second kappa shape index (κ2) is 9.68. The van der Waals surface area contributed by atoms with Gasteiger partial charge in [-0.1, -0.05) is 32.4 Å². The number of aromatic nitrogens is 2. The minimum Gasteiger partial charge on any atom is -0.352 e. The van der Waals surface area contributed by atoms with Gasteiger partial charge in [-0.3, -0.25) is 23.5 Å². The maximum Gasteiger partial charge on any atom is 0.331 e. The van der Waals surface area contributed by atoms with Gasteiger partial charge in [0.15, 0.2) is 0 Å². The number of nitrogens with one attached hydrogen (secondary N) is 1. The molecule has 208 valence electrons. The van der Waals surface area contributed by atoms with Gasteiger partial charge in [0.05, 0.1) is 10.9 Å².